The van der Waals surface area contributed by atoms with Crippen LogP contribution in [-0.4, -0.2) is 45.8 Å². The number of imidazole rings is 1. The predicted octanol–water partition coefficient (Wildman–Crippen LogP) is 2.18. The Kier molecular flexibility index (Phi) is 4.69. The number of ether oxygens (including phenoxy) is 3. The van der Waals surface area contributed by atoms with Crippen molar-refractivity contribution in [2.75, 3.05) is 27.1 Å². The summed E-state index contributed by atoms with van der Waals surface area (Å²) in [4.78, 5) is 16.6. The van der Waals surface area contributed by atoms with Crippen LogP contribution in [-0.2, 0) is 6.54 Å². The van der Waals surface area contributed by atoms with Gasteiger partial charge >= 0.3 is 0 Å². The van der Waals surface area contributed by atoms with Crippen molar-refractivity contribution in [3.63, 3.8) is 0 Å². The summed E-state index contributed by atoms with van der Waals surface area (Å²) in [5.74, 6) is 0.921. The molecular formula is C14H14Cl2N6O3. The summed E-state index contributed by atoms with van der Waals surface area (Å²) in [6.45, 7) is 0.235. The average molecular weight is 385 g/mol. The van der Waals surface area contributed by atoms with Crippen LogP contribution in [0, 0.1) is 0 Å². The van der Waals surface area contributed by atoms with Gasteiger partial charge in [-0.15, -0.1) is 0 Å². The molecule has 0 radical (unpaired) electrons. The third-order valence-corrected chi connectivity index (χ3v) is 4.10. The van der Waals surface area contributed by atoms with Crippen LogP contribution in [0.1, 0.15) is 5.69 Å². The van der Waals surface area contributed by atoms with Crippen LogP contribution in [0.25, 0.3) is 11.2 Å². The highest BCUT2D eigenvalue weighted by molar-refractivity contribution is 6.33. The molecule has 11 heteroatoms. The first-order chi connectivity index (χ1) is 12.0. The second kappa shape index (κ2) is 6.77. The van der Waals surface area contributed by atoms with Gasteiger partial charge in [-0.3, -0.25) is 0 Å². The summed E-state index contributed by atoms with van der Waals surface area (Å²) in [6, 6.07) is 0. The van der Waals surface area contributed by atoms with Gasteiger partial charge in [-0.05, 0) is 0 Å². The van der Waals surface area contributed by atoms with E-state index in [1.165, 1.54) is 21.3 Å². The van der Waals surface area contributed by atoms with E-state index in [1.54, 1.807) is 10.9 Å². The molecule has 3 aromatic heterocycles. The van der Waals surface area contributed by atoms with E-state index >= 15 is 0 Å². The highest BCUT2D eigenvalue weighted by Crippen LogP contribution is 2.42. The van der Waals surface area contributed by atoms with E-state index in [9.17, 15) is 0 Å². The molecule has 25 heavy (non-hydrogen) atoms. The molecule has 2 N–H and O–H groups in total. The van der Waals surface area contributed by atoms with Gasteiger partial charge in [0.1, 0.15) is 10.5 Å². The zero-order chi connectivity index (χ0) is 18.1. The van der Waals surface area contributed by atoms with Crippen molar-refractivity contribution < 1.29 is 14.2 Å². The summed E-state index contributed by atoms with van der Waals surface area (Å²) in [7, 11) is 4.43. The molecule has 0 atom stereocenters. The molecule has 132 valence electrons. The van der Waals surface area contributed by atoms with Gasteiger partial charge < -0.3 is 24.5 Å². The quantitative estimate of drug-likeness (QED) is 0.666. The van der Waals surface area contributed by atoms with E-state index in [2.05, 4.69) is 19.9 Å². The lowest BCUT2D eigenvalue weighted by atomic mass is 10.3. The third kappa shape index (κ3) is 2.96. The Morgan fingerprint density at radius 3 is 2.40 bits per heavy atom. The number of hydrogen-bond acceptors (Lipinski definition) is 8. The van der Waals surface area contributed by atoms with Gasteiger partial charge in [-0.25, -0.2) is 9.97 Å². The number of pyridine rings is 1. The molecule has 0 aliphatic carbocycles. The summed E-state index contributed by atoms with van der Waals surface area (Å²) in [5.41, 5.74) is 7.03. The summed E-state index contributed by atoms with van der Waals surface area (Å²) in [6.07, 6.45) is 1.55. The Morgan fingerprint density at radius 1 is 1.04 bits per heavy atom. The molecule has 0 saturated carbocycles. The van der Waals surface area contributed by atoms with Gasteiger partial charge in [0.25, 0.3) is 5.88 Å². The first-order valence-electron chi connectivity index (χ1n) is 6.98. The van der Waals surface area contributed by atoms with E-state index in [0.717, 1.165) is 0 Å². The normalized spacial score (nSPS) is 10.9. The number of anilines is 1. The van der Waals surface area contributed by atoms with Crippen LogP contribution < -0.4 is 19.9 Å². The minimum atomic E-state index is 0.0446. The molecule has 9 nitrogen and oxygen atoms in total. The Bertz CT molecular complexity index is 946. The van der Waals surface area contributed by atoms with Crippen LogP contribution in [0.5, 0.6) is 17.4 Å². The molecule has 0 saturated heterocycles. The Morgan fingerprint density at radius 2 is 1.76 bits per heavy atom. The SMILES string of the molecule is COc1nc(Cn2cnc3c(Cl)nc(N)nc32)c(Cl)c(OC)c1OC. The monoisotopic (exact) mass is 384 g/mol. The van der Waals surface area contributed by atoms with Crippen LogP contribution in [0.3, 0.4) is 0 Å². The van der Waals surface area contributed by atoms with Crippen molar-refractivity contribution in [1.29, 1.82) is 0 Å². The van der Waals surface area contributed by atoms with Crippen LogP contribution in [0.15, 0.2) is 6.33 Å². The van der Waals surface area contributed by atoms with Gasteiger partial charge in [-0.1, -0.05) is 23.2 Å². The molecule has 0 aliphatic rings. The number of nitrogens with two attached hydrogens (primary N) is 1. The van der Waals surface area contributed by atoms with E-state index in [0.29, 0.717) is 28.4 Å². The zero-order valence-electron chi connectivity index (χ0n) is 13.6. The minimum Gasteiger partial charge on any atom is -0.491 e. The maximum absolute atomic E-state index is 6.41. The number of aromatic nitrogens is 5. The van der Waals surface area contributed by atoms with E-state index in [1.807, 2.05) is 0 Å². The van der Waals surface area contributed by atoms with E-state index in [4.69, 9.17) is 43.1 Å². The van der Waals surface area contributed by atoms with Crippen molar-refractivity contribution in [1.82, 2.24) is 24.5 Å². The lowest BCUT2D eigenvalue weighted by Crippen LogP contribution is -2.07. The zero-order valence-corrected chi connectivity index (χ0v) is 15.1. The van der Waals surface area contributed by atoms with Crippen molar-refractivity contribution in [2.45, 2.75) is 6.54 Å². The number of hydrogen-bond donors (Lipinski definition) is 1. The molecule has 3 rings (SSSR count). The molecular weight excluding hydrogens is 371 g/mol. The number of nitrogen functional groups attached to an aromatic ring is 1. The van der Waals surface area contributed by atoms with Gasteiger partial charge in [0, 0.05) is 0 Å². The second-order valence-corrected chi connectivity index (χ2v) is 5.60. The highest BCUT2D eigenvalue weighted by atomic mass is 35.5. The third-order valence-electron chi connectivity index (χ3n) is 3.45. The molecule has 3 heterocycles. The second-order valence-electron chi connectivity index (χ2n) is 4.87. The van der Waals surface area contributed by atoms with Crippen molar-refractivity contribution in [3.05, 3.63) is 22.2 Å². The summed E-state index contributed by atoms with van der Waals surface area (Å²) >= 11 is 12.5. The molecule has 0 spiro atoms. The summed E-state index contributed by atoms with van der Waals surface area (Å²) < 4.78 is 17.5. The first-order valence-corrected chi connectivity index (χ1v) is 7.73. The molecule has 3 aromatic rings. The number of halogens is 2. The smallest absolute Gasteiger partial charge is 0.261 e. The maximum atomic E-state index is 6.41. The van der Waals surface area contributed by atoms with Gasteiger partial charge in [-0.2, -0.15) is 9.97 Å². The fourth-order valence-electron chi connectivity index (χ4n) is 2.36. The molecule has 0 aromatic carbocycles. The number of methoxy groups -OCH3 is 3. The van der Waals surface area contributed by atoms with Crippen molar-refractivity contribution >= 4 is 40.3 Å². The molecule has 0 amide bonds. The Balaban J connectivity index is 2.12. The lowest BCUT2D eigenvalue weighted by Gasteiger charge is -2.15. The maximum Gasteiger partial charge on any atom is 0.261 e. The number of fused-ring (bicyclic) bond motifs is 1. The van der Waals surface area contributed by atoms with Gasteiger partial charge in [0.05, 0.1) is 39.9 Å². The highest BCUT2D eigenvalue weighted by Gasteiger charge is 2.22. The largest absolute Gasteiger partial charge is 0.491 e. The summed E-state index contributed by atoms with van der Waals surface area (Å²) in [5, 5.41) is 0.459. The Hall–Kier alpha value is -2.52. The predicted molar refractivity (Wildman–Crippen MR) is 92.8 cm³/mol. The lowest BCUT2D eigenvalue weighted by molar-refractivity contribution is 0.314. The molecule has 0 unspecified atom stereocenters. The molecule has 0 aliphatic heterocycles. The van der Waals surface area contributed by atoms with E-state index < -0.39 is 0 Å². The van der Waals surface area contributed by atoms with Crippen LogP contribution in [0.4, 0.5) is 5.95 Å². The topological polar surface area (TPSA) is 110 Å². The Labute approximate surface area is 152 Å². The fraction of sp³-hybridized carbons (Fsp3) is 0.286. The fourth-order valence-corrected chi connectivity index (χ4v) is 2.84. The minimum absolute atomic E-state index is 0.0446. The van der Waals surface area contributed by atoms with E-state index in [-0.39, 0.29) is 28.5 Å². The van der Waals surface area contributed by atoms with Crippen molar-refractivity contribution in [3.8, 4) is 17.4 Å². The van der Waals surface area contributed by atoms with Crippen LogP contribution >= 0.6 is 23.2 Å². The molecule has 0 fully saturated rings. The number of rotatable bonds is 5. The standard InChI is InChI=1S/C14H14Cl2N6O3/c1-23-9-7(15)6(19-13(25-3)10(9)24-2)4-22-5-18-8-11(16)20-14(17)21-12(8)22/h5H,4H2,1-3H3,(H2,17,20,21). The van der Waals surface area contributed by atoms with Crippen LogP contribution in [0.2, 0.25) is 10.2 Å². The first kappa shape index (κ1) is 17.3. The average Bonchev–Trinajstić information content (AvgIpc) is 2.99. The van der Waals surface area contributed by atoms with Crippen molar-refractivity contribution in [2.24, 2.45) is 0 Å². The number of nitrogens with zero attached hydrogens (tertiary/aromatic N) is 5. The molecule has 0 bridgehead atoms. The van der Waals surface area contributed by atoms with Gasteiger partial charge in [0.15, 0.2) is 16.5 Å². The van der Waals surface area contributed by atoms with Gasteiger partial charge in [0.2, 0.25) is 11.7 Å².